The summed E-state index contributed by atoms with van der Waals surface area (Å²) in [5, 5.41) is 4.48. The van der Waals surface area contributed by atoms with Crippen LogP contribution in [0.25, 0.3) is 22.6 Å². The normalized spacial score (nSPS) is 13.6. The van der Waals surface area contributed by atoms with Crippen LogP contribution in [0.2, 0.25) is 25.7 Å². The third kappa shape index (κ3) is 6.77. The fraction of sp³-hybridized carbons (Fsp3) is 0.467. The van der Waals surface area contributed by atoms with E-state index in [1.54, 1.807) is 27.6 Å². The van der Waals surface area contributed by atoms with Gasteiger partial charge >= 0.3 is 0 Å². The first kappa shape index (κ1) is 28.8. The smallest absolute Gasteiger partial charge is 0.281 e. The van der Waals surface area contributed by atoms with E-state index in [1.807, 2.05) is 10.8 Å². The molecule has 0 atom stereocenters. The number of hydrogen-bond acceptors (Lipinski definition) is 6. The summed E-state index contributed by atoms with van der Waals surface area (Å²) in [6.45, 7) is 12.6. The minimum absolute atomic E-state index is 0.0937. The fourth-order valence-electron chi connectivity index (χ4n) is 4.89. The van der Waals surface area contributed by atoms with Crippen LogP contribution in [-0.2, 0) is 24.6 Å². The molecule has 0 unspecified atom stereocenters. The van der Waals surface area contributed by atoms with Crippen molar-refractivity contribution in [2.75, 3.05) is 24.6 Å². The molecule has 0 aliphatic carbocycles. The largest absolute Gasteiger partial charge is 0.361 e. The van der Waals surface area contributed by atoms with E-state index >= 15 is 0 Å². The van der Waals surface area contributed by atoms with Gasteiger partial charge in [0.05, 0.1) is 11.8 Å². The summed E-state index contributed by atoms with van der Waals surface area (Å²) in [6, 6.07) is 7.11. The minimum Gasteiger partial charge on any atom is -0.361 e. The molecule has 0 bridgehead atoms. The van der Waals surface area contributed by atoms with Crippen molar-refractivity contribution in [3.63, 3.8) is 0 Å². The SMILES string of the molecule is CCCn1c(N2CCCC2)nc2nc(-c3cnn(CC#Cc4ccc(F)cc4)c3)n(COCC[Si](C)(C)C)c2c1=O. The molecule has 4 aromatic rings. The minimum atomic E-state index is -1.28. The zero-order chi connectivity index (χ0) is 29.0. The van der Waals surface area contributed by atoms with Crippen molar-refractivity contribution < 1.29 is 9.13 Å². The van der Waals surface area contributed by atoms with Gasteiger partial charge in [-0.2, -0.15) is 10.1 Å². The van der Waals surface area contributed by atoms with E-state index < -0.39 is 8.07 Å². The molecular formula is C30H38FN7O2Si. The molecule has 5 rings (SSSR count). The van der Waals surface area contributed by atoms with Gasteiger partial charge in [0, 0.05) is 46.1 Å². The number of rotatable bonds is 10. The number of ether oxygens (including phenoxy) is 1. The summed E-state index contributed by atoms with van der Waals surface area (Å²) in [6.07, 6.45) is 6.60. The zero-order valence-electron chi connectivity index (χ0n) is 24.4. The Morgan fingerprint density at radius 3 is 2.54 bits per heavy atom. The fourth-order valence-corrected chi connectivity index (χ4v) is 5.65. The first-order valence-corrected chi connectivity index (χ1v) is 18.1. The molecule has 9 nitrogen and oxygen atoms in total. The molecule has 1 aromatic carbocycles. The van der Waals surface area contributed by atoms with E-state index in [4.69, 9.17) is 14.7 Å². The molecule has 41 heavy (non-hydrogen) atoms. The number of aromatic nitrogens is 6. The van der Waals surface area contributed by atoms with Gasteiger partial charge < -0.3 is 9.64 Å². The van der Waals surface area contributed by atoms with Crippen LogP contribution >= 0.6 is 0 Å². The van der Waals surface area contributed by atoms with Gasteiger partial charge in [-0.25, -0.2) is 9.37 Å². The number of anilines is 1. The molecule has 0 radical (unpaired) electrons. The third-order valence-electron chi connectivity index (χ3n) is 7.11. The maximum atomic E-state index is 14.0. The van der Waals surface area contributed by atoms with Gasteiger partial charge in [0.15, 0.2) is 11.2 Å². The van der Waals surface area contributed by atoms with Crippen LogP contribution in [0.3, 0.4) is 0 Å². The van der Waals surface area contributed by atoms with Crippen LogP contribution in [0.4, 0.5) is 10.3 Å². The second-order valence-corrected chi connectivity index (χ2v) is 17.3. The van der Waals surface area contributed by atoms with Crippen LogP contribution in [0.5, 0.6) is 0 Å². The summed E-state index contributed by atoms with van der Waals surface area (Å²) in [7, 11) is -1.28. The van der Waals surface area contributed by atoms with Crippen LogP contribution in [-0.4, -0.2) is 56.7 Å². The molecule has 0 N–H and O–H groups in total. The molecule has 1 aliphatic rings. The van der Waals surface area contributed by atoms with Gasteiger partial charge in [-0.3, -0.25) is 18.6 Å². The quantitative estimate of drug-likeness (QED) is 0.151. The Hall–Kier alpha value is -3.75. The zero-order valence-corrected chi connectivity index (χ0v) is 25.4. The standard InChI is InChI=1S/C30H38FN7O2Si/c1-5-14-37-29(39)26-27(34-30(37)35-15-6-7-16-35)33-28(38(26)22-40-18-19-41(2,3)4)24-20-32-36(21-24)17-8-9-23-10-12-25(31)13-11-23/h10-13,20-21H,5-7,14-19,22H2,1-4H3. The van der Waals surface area contributed by atoms with Crippen molar-refractivity contribution in [1.29, 1.82) is 0 Å². The van der Waals surface area contributed by atoms with Crippen LogP contribution in [0.15, 0.2) is 41.5 Å². The Kier molecular flexibility index (Phi) is 8.70. The van der Waals surface area contributed by atoms with Crippen molar-refractivity contribution in [1.82, 2.24) is 28.9 Å². The third-order valence-corrected chi connectivity index (χ3v) is 8.81. The average Bonchev–Trinajstić information content (AvgIpc) is 3.69. The molecule has 11 heteroatoms. The highest BCUT2D eigenvalue weighted by Gasteiger charge is 2.25. The maximum Gasteiger partial charge on any atom is 0.281 e. The molecule has 1 aliphatic heterocycles. The summed E-state index contributed by atoms with van der Waals surface area (Å²) < 4.78 is 24.7. The van der Waals surface area contributed by atoms with E-state index in [-0.39, 0.29) is 18.1 Å². The van der Waals surface area contributed by atoms with E-state index in [0.717, 1.165) is 49.5 Å². The van der Waals surface area contributed by atoms with E-state index in [0.29, 0.717) is 42.6 Å². The van der Waals surface area contributed by atoms with Crippen molar-refractivity contribution in [3.05, 3.63) is 58.4 Å². The van der Waals surface area contributed by atoms with Crippen molar-refractivity contribution in [3.8, 4) is 23.2 Å². The lowest BCUT2D eigenvalue weighted by Crippen LogP contribution is -2.32. The van der Waals surface area contributed by atoms with Gasteiger partial charge in [0.1, 0.15) is 24.9 Å². The van der Waals surface area contributed by atoms with Crippen molar-refractivity contribution in [2.24, 2.45) is 0 Å². The second-order valence-electron chi connectivity index (χ2n) is 11.7. The highest BCUT2D eigenvalue weighted by molar-refractivity contribution is 6.76. The summed E-state index contributed by atoms with van der Waals surface area (Å²) in [5.41, 5.74) is 2.28. The van der Waals surface area contributed by atoms with Gasteiger partial charge in [0.2, 0.25) is 5.95 Å². The van der Waals surface area contributed by atoms with Gasteiger partial charge in [0.25, 0.3) is 5.56 Å². The Morgan fingerprint density at radius 2 is 1.83 bits per heavy atom. The summed E-state index contributed by atoms with van der Waals surface area (Å²) in [5.74, 6) is 7.12. The van der Waals surface area contributed by atoms with Crippen molar-refractivity contribution in [2.45, 2.75) is 71.7 Å². The lowest BCUT2D eigenvalue weighted by atomic mass is 10.2. The number of halogens is 1. The molecule has 4 heterocycles. The maximum absolute atomic E-state index is 14.0. The van der Waals surface area contributed by atoms with E-state index in [1.165, 1.54) is 12.1 Å². The first-order valence-electron chi connectivity index (χ1n) is 14.3. The highest BCUT2D eigenvalue weighted by atomic mass is 28.3. The van der Waals surface area contributed by atoms with E-state index in [9.17, 15) is 9.18 Å². The average molecular weight is 576 g/mol. The number of nitrogens with zero attached hydrogens (tertiary/aromatic N) is 7. The molecule has 216 valence electrons. The van der Waals surface area contributed by atoms with Gasteiger partial charge in [-0.15, -0.1) is 0 Å². The predicted molar refractivity (Wildman–Crippen MR) is 162 cm³/mol. The second kappa shape index (κ2) is 12.4. The topological polar surface area (TPSA) is 83.0 Å². The molecule has 1 fully saturated rings. The lowest BCUT2D eigenvalue weighted by Gasteiger charge is -2.21. The number of hydrogen-bond donors (Lipinski definition) is 0. The molecule has 0 amide bonds. The van der Waals surface area contributed by atoms with Crippen molar-refractivity contribution >= 4 is 25.2 Å². The Morgan fingerprint density at radius 1 is 1.07 bits per heavy atom. The van der Waals surface area contributed by atoms with E-state index in [2.05, 4.69) is 48.4 Å². The van der Waals surface area contributed by atoms with Crippen LogP contribution < -0.4 is 10.5 Å². The summed E-state index contributed by atoms with van der Waals surface area (Å²) >= 11 is 0. The lowest BCUT2D eigenvalue weighted by molar-refractivity contribution is 0.0908. The van der Waals surface area contributed by atoms with Gasteiger partial charge in [-0.1, -0.05) is 38.4 Å². The molecule has 0 saturated carbocycles. The number of imidazole rings is 1. The summed E-state index contributed by atoms with van der Waals surface area (Å²) in [4.78, 5) is 26.0. The highest BCUT2D eigenvalue weighted by Crippen LogP contribution is 2.25. The predicted octanol–water partition coefficient (Wildman–Crippen LogP) is 4.97. The Bertz CT molecular complexity index is 1620. The molecular weight excluding hydrogens is 537 g/mol. The van der Waals surface area contributed by atoms with Gasteiger partial charge in [-0.05, 0) is 49.6 Å². The van der Waals surface area contributed by atoms with Crippen LogP contribution in [0, 0.1) is 17.7 Å². The Labute approximate surface area is 241 Å². The van der Waals surface area contributed by atoms with Crippen LogP contribution in [0.1, 0.15) is 31.7 Å². The molecule has 3 aromatic heterocycles. The Balaban J connectivity index is 1.51. The number of fused-ring (bicyclic) bond motifs is 1. The monoisotopic (exact) mass is 575 g/mol. The molecule has 0 spiro atoms. The number of benzene rings is 1. The molecule has 1 saturated heterocycles. The first-order chi connectivity index (χ1) is 19.7.